The SMILES string of the molecule is Cl[As]c1ccccc1. The van der Waals surface area contributed by atoms with Crippen molar-refractivity contribution in [3.63, 3.8) is 0 Å². The Labute approximate surface area is 59.7 Å². The summed E-state index contributed by atoms with van der Waals surface area (Å²) in [7, 11) is 5.62. The van der Waals surface area contributed by atoms with E-state index in [-0.39, 0.29) is 14.8 Å². The minimum absolute atomic E-state index is 0.0958. The van der Waals surface area contributed by atoms with Crippen LogP contribution < -0.4 is 4.35 Å². The molecular formula is C6H5AsCl. The summed E-state index contributed by atoms with van der Waals surface area (Å²) in [6.07, 6.45) is 0. The molecule has 0 bridgehead atoms. The van der Waals surface area contributed by atoms with Crippen LogP contribution in [0.3, 0.4) is 0 Å². The van der Waals surface area contributed by atoms with Crippen LogP contribution in [0.25, 0.3) is 0 Å². The van der Waals surface area contributed by atoms with Crippen molar-refractivity contribution >= 4 is 29.1 Å². The molecule has 0 saturated carbocycles. The Morgan fingerprint density at radius 3 is 2.12 bits per heavy atom. The molecule has 2 heteroatoms. The average molecular weight is 187 g/mol. The Hall–Kier alpha value is 0.0684. The molecule has 1 aromatic carbocycles. The maximum absolute atomic E-state index is 5.62. The van der Waals surface area contributed by atoms with E-state index in [1.165, 1.54) is 4.35 Å². The summed E-state index contributed by atoms with van der Waals surface area (Å²) in [5.41, 5.74) is 0. The summed E-state index contributed by atoms with van der Waals surface area (Å²) in [6.45, 7) is 0. The third-order valence-electron chi connectivity index (χ3n) is 0.854. The predicted octanol–water partition coefficient (Wildman–Crippen LogP) is 1.17. The van der Waals surface area contributed by atoms with Gasteiger partial charge in [0.25, 0.3) is 0 Å². The van der Waals surface area contributed by atoms with Crippen LogP contribution in [0.2, 0.25) is 0 Å². The molecule has 0 saturated heterocycles. The first kappa shape index (κ1) is 6.19. The molecule has 0 aromatic heterocycles. The van der Waals surface area contributed by atoms with Gasteiger partial charge in [-0.1, -0.05) is 0 Å². The molecule has 8 heavy (non-hydrogen) atoms. The van der Waals surface area contributed by atoms with Crippen molar-refractivity contribution in [1.29, 1.82) is 0 Å². The molecule has 0 spiro atoms. The molecule has 0 amide bonds. The van der Waals surface area contributed by atoms with Gasteiger partial charge < -0.3 is 0 Å². The van der Waals surface area contributed by atoms with Crippen molar-refractivity contribution in [2.45, 2.75) is 0 Å². The van der Waals surface area contributed by atoms with Gasteiger partial charge >= 0.3 is 59.4 Å². The summed E-state index contributed by atoms with van der Waals surface area (Å²) in [5.74, 6) is 0. The van der Waals surface area contributed by atoms with Crippen LogP contribution in [0.15, 0.2) is 30.3 Å². The fourth-order valence-electron chi connectivity index (χ4n) is 0.484. The van der Waals surface area contributed by atoms with E-state index >= 15 is 0 Å². The van der Waals surface area contributed by atoms with E-state index in [2.05, 4.69) is 0 Å². The Bertz CT molecular complexity index is 150. The zero-order valence-corrected chi connectivity index (χ0v) is 6.84. The van der Waals surface area contributed by atoms with Crippen LogP contribution in [0.4, 0.5) is 0 Å². The van der Waals surface area contributed by atoms with Crippen molar-refractivity contribution in [3.8, 4) is 0 Å². The zero-order valence-electron chi connectivity index (χ0n) is 4.21. The molecule has 1 radical (unpaired) electrons. The molecule has 0 heterocycles. The molecule has 0 aliphatic heterocycles. The molecule has 0 nitrogen and oxygen atoms in total. The fourth-order valence-corrected chi connectivity index (χ4v) is 1.67. The monoisotopic (exact) mass is 187 g/mol. The van der Waals surface area contributed by atoms with Crippen LogP contribution in [0, 0.1) is 0 Å². The predicted molar refractivity (Wildman–Crippen MR) is 37.7 cm³/mol. The van der Waals surface area contributed by atoms with E-state index in [4.69, 9.17) is 9.95 Å². The third kappa shape index (κ3) is 1.54. The van der Waals surface area contributed by atoms with Crippen molar-refractivity contribution in [2.24, 2.45) is 0 Å². The van der Waals surface area contributed by atoms with Crippen LogP contribution in [-0.4, -0.2) is 14.8 Å². The Balaban J connectivity index is 2.83. The van der Waals surface area contributed by atoms with Gasteiger partial charge in [0, 0.05) is 0 Å². The van der Waals surface area contributed by atoms with Crippen molar-refractivity contribution < 1.29 is 0 Å². The number of hydrogen-bond donors (Lipinski definition) is 0. The quantitative estimate of drug-likeness (QED) is 0.579. The molecule has 0 N–H and O–H groups in total. The van der Waals surface area contributed by atoms with E-state index in [1.54, 1.807) is 0 Å². The summed E-state index contributed by atoms with van der Waals surface area (Å²) in [6, 6.07) is 10.1. The number of rotatable bonds is 1. The van der Waals surface area contributed by atoms with Crippen molar-refractivity contribution in [1.82, 2.24) is 0 Å². The topological polar surface area (TPSA) is 0 Å². The van der Waals surface area contributed by atoms with Gasteiger partial charge in [0.15, 0.2) is 0 Å². The Morgan fingerprint density at radius 2 is 1.75 bits per heavy atom. The number of benzene rings is 1. The second kappa shape index (κ2) is 3.17. The summed E-state index contributed by atoms with van der Waals surface area (Å²) in [4.78, 5) is 0. The molecule has 41 valence electrons. The minimum atomic E-state index is -0.0958. The van der Waals surface area contributed by atoms with E-state index in [1.807, 2.05) is 30.3 Å². The van der Waals surface area contributed by atoms with E-state index in [0.29, 0.717) is 0 Å². The van der Waals surface area contributed by atoms with Gasteiger partial charge in [0.1, 0.15) is 0 Å². The Kier molecular flexibility index (Phi) is 2.45. The zero-order chi connectivity index (χ0) is 5.82. The van der Waals surface area contributed by atoms with E-state index < -0.39 is 0 Å². The Morgan fingerprint density at radius 1 is 1.12 bits per heavy atom. The molecule has 0 fully saturated rings. The molecule has 1 aromatic rings. The second-order valence-electron chi connectivity index (χ2n) is 1.42. The van der Waals surface area contributed by atoms with Crippen LogP contribution in [0.5, 0.6) is 0 Å². The van der Waals surface area contributed by atoms with Gasteiger partial charge in [-0.05, 0) is 0 Å². The molecule has 0 aliphatic rings. The first-order valence-corrected chi connectivity index (χ1v) is 5.71. The fraction of sp³-hybridized carbons (Fsp3) is 0. The average Bonchev–Trinajstić information content (AvgIpc) is 1.90. The molecular weight excluding hydrogens is 182 g/mol. The standard InChI is InChI=1S/C6H5AsCl/c8-7-6-4-2-1-3-5-6/h1-5H. The summed E-state index contributed by atoms with van der Waals surface area (Å²) >= 11 is -0.0958. The first-order valence-electron chi connectivity index (χ1n) is 2.30. The number of hydrogen-bond acceptors (Lipinski definition) is 0. The van der Waals surface area contributed by atoms with Crippen LogP contribution in [0.1, 0.15) is 0 Å². The normalized spacial score (nSPS) is 10.6. The maximum atomic E-state index is 5.62. The van der Waals surface area contributed by atoms with Gasteiger partial charge in [-0.15, -0.1) is 0 Å². The van der Waals surface area contributed by atoms with Gasteiger partial charge in [-0.3, -0.25) is 0 Å². The first-order chi connectivity index (χ1) is 3.93. The third-order valence-corrected chi connectivity index (χ3v) is 2.90. The molecule has 1 rings (SSSR count). The van der Waals surface area contributed by atoms with Crippen molar-refractivity contribution in [2.75, 3.05) is 0 Å². The van der Waals surface area contributed by atoms with Crippen LogP contribution >= 0.6 is 9.95 Å². The molecule has 0 aliphatic carbocycles. The van der Waals surface area contributed by atoms with Crippen LogP contribution in [-0.2, 0) is 0 Å². The van der Waals surface area contributed by atoms with E-state index in [9.17, 15) is 0 Å². The molecule has 0 unspecified atom stereocenters. The second-order valence-corrected chi connectivity index (χ2v) is 3.74. The van der Waals surface area contributed by atoms with Gasteiger partial charge in [0.2, 0.25) is 0 Å². The van der Waals surface area contributed by atoms with Crippen molar-refractivity contribution in [3.05, 3.63) is 30.3 Å². The van der Waals surface area contributed by atoms with E-state index in [0.717, 1.165) is 0 Å². The van der Waals surface area contributed by atoms with Gasteiger partial charge in [-0.2, -0.15) is 0 Å². The van der Waals surface area contributed by atoms with Gasteiger partial charge in [-0.25, -0.2) is 0 Å². The summed E-state index contributed by atoms with van der Waals surface area (Å²) in [5, 5.41) is 0. The van der Waals surface area contributed by atoms with Gasteiger partial charge in [0.05, 0.1) is 0 Å². The number of halogens is 1. The summed E-state index contributed by atoms with van der Waals surface area (Å²) < 4.78 is 1.27. The molecule has 0 atom stereocenters.